The van der Waals surface area contributed by atoms with Crippen molar-refractivity contribution in [2.75, 3.05) is 42.7 Å². The quantitative estimate of drug-likeness (QED) is 0.800. The van der Waals surface area contributed by atoms with Crippen LogP contribution < -0.4 is 15.5 Å². The number of benzene rings is 1. The first-order valence-corrected chi connectivity index (χ1v) is 9.70. The highest BCUT2D eigenvalue weighted by Crippen LogP contribution is 2.37. The summed E-state index contributed by atoms with van der Waals surface area (Å²) in [6, 6.07) is 11.3. The maximum absolute atomic E-state index is 11.9. The lowest BCUT2D eigenvalue weighted by atomic mass is 9.74. The van der Waals surface area contributed by atoms with Crippen LogP contribution in [-0.4, -0.2) is 50.8 Å². The van der Waals surface area contributed by atoms with Gasteiger partial charge in [-0.3, -0.25) is 0 Å². The third-order valence-electron chi connectivity index (χ3n) is 4.45. The number of hydrogen-bond donors (Lipinski definition) is 2. The van der Waals surface area contributed by atoms with Gasteiger partial charge in [0.25, 0.3) is 5.16 Å². The van der Waals surface area contributed by atoms with E-state index in [4.69, 9.17) is 0 Å². The summed E-state index contributed by atoms with van der Waals surface area (Å²) in [6.07, 6.45) is 1.13. The Morgan fingerprint density at radius 3 is 2.46 bits per heavy atom. The molecular formula is C16H19N5O2S. The maximum atomic E-state index is 11.9. The molecule has 0 saturated carbocycles. The average molecular weight is 345 g/mol. The van der Waals surface area contributed by atoms with Crippen molar-refractivity contribution < 1.29 is 8.42 Å². The van der Waals surface area contributed by atoms with Gasteiger partial charge in [0, 0.05) is 49.6 Å². The monoisotopic (exact) mass is 345 g/mol. The van der Waals surface area contributed by atoms with Crippen LogP contribution in [0.4, 0.5) is 17.3 Å². The summed E-state index contributed by atoms with van der Waals surface area (Å²) in [7, 11) is -3.48. The molecule has 0 unspecified atom stereocenters. The van der Waals surface area contributed by atoms with Crippen molar-refractivity contribution in [1.29, 1.82) is 0 Å². The van der Waals surface area contributed by atoms with Gasteiger partial charge in [-0.1, -0.05) is 18.2 Å². The summed E-state index contributed by atoms with van der Waals surface area (Å²) in [5.74, 6) is 1.14. The van der Waals surface area contributed by atoms with E-state index in [1.54, 1.807) is 6.07 Å². The van der Waals surface area contributed by atoms with E-state index in [0.29, 0.717) is 17.1 Å². The summed E-state index contributed by atoms with van der Waals surface area (Å²) in [4.78, 5) is 10.5. The van der Waals surface area contributed by atoms with E-state index in [0.717, 1.165) is 38.1 Å². The lowest BCUT2D eigenvalue weighted by Crippen LogP contribution is -2.71. The fourth-order valence-corrected chi connectivity index (χ4v) is 3.63. The standard InChI is InChI=1S/C16H19N5O2S/c1-24(22,23)15-19-13(18-12-5-3-2-4-6-12)7-14(20-15)21-10-16(11-21)8-17-9-16/h2-7,17H,8-11H2,1H3,(H,18,19,20). The Bertz CT molecular complexity index is 857. The molecule has 0 amide bonds. The topological polar surface area (TPSA) is 87.2 Å². The third kappa shape index (κ3) is 2.83. The molecule has 1 aromatic heterocycles. The number of aromatic nitrogens is 2. The van der Waals surface area contributed by atoms with Gasteiger partial charge in [-0.05, 0) is 12.1 Å². The zero-order chi connectivity index (χ0) is 16.8. The number of nitrogens with one attached hydrogen (secondary N) is 2. The summed E-state index contributed by atoms with van der Waals surface area (Å²) in [5, 5.41) is 6.29. The Morgan fingerprint density at radius 1 is 1.17 bits per heavy atom. The second kappa shape index (κ2) is 5.42. The van der Waals surface area contributed by atoms with Crippen LogP contribution in [0.5, 0.6) is 0 Å². The van der Waals surface area contributed by atoms with Gasteiger partial charge in [0.1, 0.15) is 11.6 Å². The molecule has 1 spiro atoms. The zero-order valence-corrected chi connectivity index (χ0v) is 14.2. The van der Waals surface area contributed by atoms with Crippen LogP contribution in [0.3, 0.4) is 0 Å². The summed E-state index contributed by atoms with van der Waals surface area (Å²) < 4.78 is 23.9. The highest BCUT2D eigenvalue weighted by Gasteiger charge is 2.48. The highest BCUT2D eigenvalue weighted by molar-refractivity contribution is 7.90. The van der Waals surface area contributed by atoms with Crippen molar-refractivity contribution in [3.63, 3.8) is 0 Å². The Hall–Kier alpha value is -2.19. The van der Waals surface area contributed by atoms with E-state index in [-0.39, 0.29) is 5.16 Å². The summed E-state index contributed by atoms with van der Waals surface area (Å²) in [5.41, 5.74) is 1.19. The Labute approximate surface area is 141 Å². The van der Waals surface area contributed by atoms with E-state index in [9.17, 15) is 8.42 Å². The molecule has 24 heavy (non-hydrogen) atoms. The van der Waals surface area contributed by atoms with Crippen LogP contribution in [0.15, 0.2) is 41.6 Å². The molecule has 2 N–H and O–H groups in total. The van der Waals surface area contributed by atoms with Gasteiger partial charge in [0.15, 0.2) is 0 Å². The van der Waals surface area contributed by atoms with E-state index < -0.39 is 9.84 Å². The lowest BCUT2D eigenvalue weighted by molar-refractivity contribution is 0.120. The lowest BCUT2D eigenvalue weighted by Gasteiger charge is -2.56. The molecule has 0 aliphatic carbocycles. The summed E-state index contributed by atoms with van der Waals surface area (Å²) in [6.45, 7) is 3.82. The van der Waals surface area contributed by atoms with Crippen molar-refractivity contribution in [2.24, 2.45) is 5.41 Å². The third-order valence-corrected chi connectivity index (χ3v) is 5.29. The number of hydrogen-bond acceptors (Lipinski definition) is 7. The van der Waals surface area contributed by atoms with Crippen LogP contribution >= 0.6 is 0 Å². The molecule has 2 aliphatic rings. The zero-order valence-electron chi connectivity index (χ0n) is 13.4. The number of para-hydroxylation sites is 1. The Kier molecular flexibility index (Phi) is 3.47. The second-order valence-electron chi connectivity index (χ2n) is 6.62. The first-order valence-electron chi connectivity index (χ1n) is 7.81. The molecule has 0 atom stereocenters. The molecule has 8 heteroatoms. The minimum atomic E-state index is -3.48. The van der Waals surface area contributed by atoms with Gasteiger partial charge in [0.05, 0.1) is 0 Å². The molecule has 1 aromatic carbocycles. The Balaban J connectivity index is 1.64. The van der Waals surface area contributed by atoms with E-state index in [1.165, 1.54) is 0 Å². The molecule has 0 radical (unpaired) electrons. The number of rotatable bonds is 4. The van der Waals surface area contributed by atoms with Crippen molar-refractivity contribution in [2.45, 2.75) is 5.16 Å². The van der Waals surface area contributed by atoms with Crippen LogP contribution in [0.25, 0.3) is 0 Å². The SMILES string of the molecule is CS(=O)(=O)c1nc(Nc2ccccc2)cc(N2CC3(CNC3)C2)n1. The van der Waals surface area contributed by atoms with Crippen LogP contribution in [0, 0.1) is 5.41 Å². The molecule has 126 valence electrons. The predicted molar refractivity (Wildman–Crippen MR) is 92.4 cm³/mol. The molecule has 7 nitrogen and oxygen atoms in total. The Morgan fingerprint density at radius 2 is 1.88 bits per heavy atom. The van der Waals surface area contributed by atoms with E-state index in [2.05, 4.69) is 25.5 Å². The van der Waals surface area contributed by atoms with E-state index in [1.807, 2.05) is 30.3 Å². The van der Waals surface area contributed by atoms with Gasteiger partial charge in [0.2, 0.25) is 9.84 Å². The minimum Gasteiger partial charge on any atom is -0.355 e. The average Bonchev–Trinajstić information content (AvgIpc) is 2.44. The summed E-state index contributed by atoms with van der Waals surface area (Å²) >= 11 is 0. The molecule has 2 fully saturated rings. The molecule has 4 rings (SSSR count). The van der Waals surface area contributed by atoms with Crippen LogP contribution in [0.1, 0.15) is 0 Å². The van der Waals surface area contributed by atoms with Crippen LogP contribution in [0.2, 0.25) is 0 Å². The van der Waals surface area contributed by atoms with Crippen molar-refractivity contribution in [3.05, 3.63) is 36.4 Å². The van der Waals surface area contributed by atoms with E-state index >= 15 is 0 Å². The van der Waals surface area contributed by atoms with Gasteiger partial charge in [-0.2, -0.15) is 0 Å². The van der Waals surface area contributed by atoms with Crippen molar-refractivity contribution >= 4 is 27.2 Å². The van der Waals surface area contributed by atoms with Crippen LogP contribution in [-0.2, 0) is 9.84 Å². The minimum absolute atomic E-state index is 0.147. The fourth-order valence-electron chi connectivity index (χ4n) is 3.10. The normalized spacial score (nSPS) is 18.8. The van der Waals surface area contributed by atoms with Gasteiger partial charge < -0.3 is 15.5 Å². The predicted octanol–water partition coefficient (Wildman–Crippen LogP) is 1.03. The largest absolute Gasteiger partial charge is 0.355 e. The molecule has 2 aliphatic heterocycles. The first-order chi connectivity index (χ1) is 11.4. The maximum Gasteiger partial charge on any atom is 0.250 e. The number of nitrogens with zero attached hydrogens (tertiary/aromatic N) is 3. The smallest absolute Gasteiger partial charge is 0.250 e. The van der Waals surface area contributed by atoms with Gasteiger partial charge >= 0.3 is 0 Å². The molecule has 2 aromatic rings. The number of sulfone groups is 1. The first kappa shape index (κ1) is 15.3. The number of anilines is 3. The molecule has 3 heterocycles. The van der Waals surface area contributed by atoms with Crippen molar-refractivity contribution in [3.8, 4) is 0 Å². The fraction of sp³-hybridized carbons (Fsp3) is 0.375. The molecule has 2 saturated heterocycles. The van der Waals surface area contributed by atoms with Crippen molar-refractivity contribution in [1.82, 2.24) is 15.3 Å². The second-order valence-corrected chi connectivity index (χ2v) is 8.53. The molecule has 0 bridgehead atoms. The molecular weight excluding hydrogens is 326 g/mol. The highest BCUT2D eigenvalue weighted by atomic mass is 32.2. The van der Waals surface area contributed by atoms with Gasteiger partial charge in [-0.15, -0.1) is 0 Å². The van der Waals surface area contributed by atoms with Gasteiger partial charge in [-0.25, -0.2) is 18.4 Å².